The van der Waals surface area contributed by atoms with E-state index in [0.29, 0.717) is 0 Å². The van der Waals surface area contributed by atoms with Crippen molar-refractivity contribution < 1.29 is 4.74 Å². The van der Waals surface area contributed by atoms with Gasteiger partial charge in [0.25, 0.3) is 0 Å². The fourth-order valence-corrected chi connectivity index (χ4v) is 1.99. The normalized spacial score (nSPS) is 10.7. The molecular weight excluding hydrogens is 264 g/mol. The summed E-state index contributed by atoms with van der Waals surface area (Å²) < 4.78 is 7.50. The average Bonchev–Trinajstić information content (AvgIpc) is 3.02. The standard InChI is InChI=1S/C16H24N4O/c1-2-3-13-21-16-7-5-15(6-8-16)14-17-9-4-11-20-12-10-18-19-20/h5-8,10,12,17H,2-4,9,11,13-14H2,1H3. The van der Waals surface area contributed by atoms with Crippen LogP contribution in [0.3, 0.4) is 0 Å². The Morgan fingerprint density at radius 2 is 2.05 bits per heavy atom. The molecule has 1 heterocycles. The summed E-state index contributed by atoms with van der Waals surface area (Å²) in [5.74, 6) is 0.957. The molecule has 1 aromatic heterocycles. The number of aromatic nitrogens is 3. The number of unbranched alkanes of at least 4 members (excludes halogenated alkanes) is 1. The summed E-state index contributed by atoms with van der Waals surface area (Å²) >= 11 is 0. The lowest BCUT2D eigenvalue weighted by Gasteiger charge is -2.08. The zero-order chi connectivity index (χ0) is 14.8. The molecule has 0 saturated heterocycles. The van der Waals surface area contributed by atoms with Gasteiger partial charge in [-0.25, -0.2) is 0 Å². The maximum Gasteiger partial charge on any atom is 0.119 e. The maximum absolute atomic E-state index is 5.65. The quantitative estimate of drug-likeness (QED) is 0.683. The Labute approximate surface area is 126 Å². The Morgan fingerprint density at radius 1 is 1.19 bits per heavy atom. The van der Waals surface area contributed by atoms with Gasteiger partial charge in [-0.2, -0.15) is 0 Å². The van der Waals surface area contributed by atoms with Crippen LogP contribution in [-0.2, 0) is 13.1 Å². The van der Waals surface area contributed by atoms with E-state index in [0.717, 1.165) is 51.3 Å². The van der Waals surface area contributed by atoms with Gasteiger partial charge >= 0.3 is 0 Å². The highest BCUT2D eigenvalue weighted by atomic mass is 16.5. The average molecular weight is 288 g/mol. The number of nitrogens with zero attached hydrogens (tertiary/aromatic N) is 3. The van der Waals surface area contributed by atoms with Crippen molar-refractivity contribution >= 4 is 0 Å². The van der Waals surface area contributed by atoms with Crippen molar-refractivity contribution in [3.63, 3.8) is 0 Å². The van der Waals surface area contributed by atoms with Crippen molar-refractivity contribution in [1.29, 1.82) is 0 Å². The van der Waals surface area contributed by atoms with Crippen LogP contribution >= 0.6 is 0 Å². The van der Waals surface area contributed by atoms with Gasteiger partial charge in [-0.15, -0.1) is 5.10 Å². The lowest BCUT2D eigenvalue weighted by molar-refractivity contribution is 0.309. The molecule has 5 nitrogen and oxygen atoms in total. The maximum atomic E-state index is 5.65. The summed E-state index contributed by atoms with van der Waals surface area (Å²) in [4.78, 5) is 0. The first kappa shape index (κ1) is 15.5. The molecule has 2 aromatic rings. The van der Waals surface area contributed by atoms with Gasteiger partial charge in [0.15, 0.2) is 0 Å². The predicted octanol–water partition coefficient (Wildman–Crippen LogP) is 2.64. The molecule has 1 N–H and O–H groups in total. The second kappa shape index (κ2) is 9.13. The SMILES string of the molecule is CCCCOc1ccc(CNCCCn2ccnn2)cc1. The second-order valence-electron chi connectivity index (χ2n) is 5.04. The van der Waals surface area contributed by atoms with Gasteiger partial charge in [-0.3, -0.25) is 4.68 Å². The first-order valence-corrected chi connectivity index (χ1v) is 7.65. The zero-order valence-electron chi connectivity index (χ0n) is 12.7. The Hall–Kier alpha value is -1.88. The van der Waals surface area contributed by atoms with Crippen LogP contribution in [0.5, 0.6) is 5.75 Å². The zero-order valence-corrected chi connectivity index (χ0v) is 12.7. The first-order chi connectivity index (χ1) is 10.4. The molecule has 0 fully saturated rings. The van der Waals surface area contributed by atoms with Gasteiger partial charge < -0.3 is 10.1 Å². The fraction of sp³-hybridized carbons (Fsp3) is 0.500. The van der Waals surface area contributed by atoms with Crippen LogP contribution in [0.2, 0.25) is 0 Å². The van der Waals surface area contributed by atoms with Gasteiger partial charge in [0, 0.05) is 19.3 Å². The van der Waals surface area contributed by atoms with E-state index in [9.17, 15) is 0 Å². The number of hydrogen-bond donors (Lipinski definition) is 1. The van der Waals surface area contributed by atoms with Gasteiger partial charge in [0.2, 0.25) is 0 Å². The number of ether oxygens (including phenoxy) is 1. The lowest BCUT2D eigenvalue weighted by atomic mass is 10.2. The van der Waals surface area contributed by atoms with Crippen molar-refractivity contribution in [3.8, 4) is 5.75 Å². The third-order valence-electron chi connectivity index (χ3n) is 3.23. The molecule has 0 aliphatic heterocycles. The molecule has 0 radical (unpaired) electrons. The van der Waals surface area contributed by atoms with Gasteiger partial charge in [0.05, 0.1) is 12.8 Å². The number of rotatable bonds is 10. The molecule has 2 rings (SSSR count). The molecule has 0 aliphatic carbocycles. The second-order valence-corrected chi connectivity index (χ2v) is 5.04. The third-order valence-corrected chi connectivity index (χ3v) is 3.23. The lowest BCUT2D eigenvalue weighted by Crippen LogP contribution is -2.16. The van der Waals surface area contributed by atoms with Crippen molar-refractivity contribution in [3.05, 3.63) is 42.2 Å². The van der Waals surface area contributed by atoms with E-state index in [2.05, 4.69) is 34.7 Å². The monoisotopic (exact) mass is 288 g/mol. The largest absolute Gasteiger partial charge is 0.494 e. The summed E-state index contributed by atoms with van der Waals surface area (Å²) in [7, 11) is 0. The van der Waals surface area contributed by atoms with Crippen LogP contribution in [0.1, 0.15) is 31.7 Å². The molecule has 0 saturated carbocycles. The van der Waals surface area contributed by atoms with Crippen LogP contribution in [0.4, 0.5) is 0 Å². The van der Waals surface area contributed by atoms with Crippen LogP contribution < -0.4 is 10.1 Å². The van der Waals surface area contributed by atoms with Gasteiger partial charge in [-0.1, -0.05) is 30.7 Å². The van der Waals surface area contributed by atoms with Crippen LogP contribution in [0.25, 0.3) is 0 Å². The Bertz CT molecular complexity index is 481. The number of aryl methyl sites for hydroxylation is 1. The molecule has 0 unspecified atom stereocenters. The van der Waals surface area contributed by atoms with Crippen molar-refractivity contribution in [2.75, 3.05) is 13.2 Å². The molecule has 0 aliphatic rings. The summed E-state index contributed by atoms with van der Waals surface area (Å²) in [6.07, 6.45) is 6.90. The van der Waals surface area contributed by atoms with Gasteiger partial charge in [-0.05, 0) is 37.1 Å². The van der Waals surface area contributed by atoms with E-state index >= 15 is 0 Å². The molecule has 5 heteroatoms. The highest BCUT2D eigenvalue weighted by Crippen LogP contribution is 2.12. The number of benzene rings is 1. The molecule has 0 atom stereocenters. The molecule has 0 amide bonds. The van der Waals surface area contributed by atoms with E-state index in [1.54, 1.807) is 6.20 Å². The highest BCUT2D eigenvalue weighted by molar-refractivity contribution is 5.27. The minimum Gasteiger partial charge on any atom is -0.494 e. The molecule has 21 heavy (non-hydrogen) atoms. The first-order valence-electron chi connectivity index (χ1n) is 7.65. The molecule has 0 spiro atoms. The molecule has 1 aromatic carbocycles. The Balaban J connectivity index is 1.59. The number of hydrogen-bond acceptors (Lipinski definition) is 4. The van der Waals surface area contributed by atoms with Crippen molar-refractivity contribution in [1.82, 2.24) is 20.3 Å². The minimum absolute atomic E-state index is 0.802. The molecule has 114 valence electrons. The minimum atomic E-state index is 0.802. The summed E-state index contributed by atoms with van der Waals surface area (Å²) in [6.45, 7) is 5.72. The van der Waals surface area contributed by atoms with Gasteiger partial charge in [0.1, 0.15) is 5.75 Å². The molecule has 0 bridgehead atoms. The fourth-order valence-electron chi connectivity index (χ4n) is 1.99. The van der Waals surface area contributed by atoms with Crippen LogP contribution in [0, 0.1) is 0 Å². The predicted molar refractivity (Wildman–Crippen MR) is 83.2 cm³/mol. The van der Waals surface area contributed by atoms with E-state index in [1.807, 2.05) is 23.0 Å². The van der Waals surface area contributed by atoms with E-state index < -0.39 is 0 Å². The Kier molecular flexibility index (Phi) is 6.74. The topological polar surface area (TPSA) is 52.0 Å². The highest BCUT2D eigenvalue weighted by Gasteiger charge is 1.96. The summed E-state index contributed by atoms with van der Waals surface area (Å²) in [5, 5.41) is 11.2. The number of nitrogens with one attached hydrogen (secondary N) is 1. The van der Waals surface area contributed by atoms with Crippen molar-refractivity contribution in [2.45, 2.75) is 39.3 Å². The summed E-state index contributed by atoms with van der Waals surface area (Å²) in [6, 6.07) is 8.32. The van der Waals surface area contributed by atoms with Crippen molar-refractivity contribution in [2.24, 2.45) is 0 Å². The summed E-state index contributed by atoms with van der Waals surface area (Å²) in [5.41, 5.74) is 1.28. The van der Waals surface area contributed by atoms with Crippen LogP contribution in [0.15, 0.2) is 36.7 Å². The van der Waals surface area contributed by atoms with Crippen LogP contribution in [-0.4, -0.2) is 28.1 Å². The third kappa shape index (κ3) is 5.95. The van der Waals surface area contributed by atoms with E-state index in [1.165, 1.54) is 5.56 Å². The molecular formula is C16H24N4O. The smallest absolute Gasteiger partial charge is 0.119 e. The Morgan fingerprint density at radius 3 is 2.76 bits per heavy atom. The van der Waals surface area contributed by atoms with E-state index in [4.69, 9.17) is 4.74 Å². The van der Waals surface area contributed by atoms with E-state index in [-0.39, 0.29) is 0 Å².